The molecule has 0 aliphatic carbocycles. The smallest absolute Gasteiger partial charge is 0.253 e. The Morgan fingerprint density at radius 3 is 2.06 bits per heavy atom. The lowest BCUT2D eigenvalue weighted by atomic mass is 10.0. The maximum atomic E-state index is 13.1. The molecular formula is C28H38N4O2. The summed E-state index contributed by atoms with van der Waals surface area (Å²) in [7, 11) is 0. The molecule has 2 saturated heterocycles. The molecule has 2 aromatic rings. The highest BCUT2D eigenvalue weighted by Crippen LogP contribution is 2.19. The van der Waals surface area contributed by atoms with Crippen LogP contribution in [0.2, 0.25) is 0 Å². The zero-order valence-corrected chi connectivity index (χ0v) is 20.4. The van der Waals surface area contributed by atoms with Gasteiger partial charge in [0.15, 0.2) is 0 Å². The third-order valence-electron chi connectivity index (χ3n) is 7.11. The second-order valence-corrected chi connectivity index (χ2v) is 9.50. The van der Waals surface area contributed by atoms with E-state index in [0.29, 0.717) is 12.6 Å². The van der Waals surface area contributed by atoms with Crippen LogP contribution in [0.25, 0.3) is 0 Å². The minimum Gasteiger partial charge on any atom is -0.339 e. The molecule has 182 valence electrons. The zero-order chi connectivity index (χ0) is 23.8. The van der Waals surface area contributed by atoms with E-state index in [1.807, 2.05) is 46.2 Å². The van der Waals surface area contributed by atoms with E-state index in [1.165, 1.54) is 5.56 Å². The molecule has 2 fully saturated rings. The highest BCUT2D eigenvalue weighted by Gasteiger charge is 2.30. The fraction of sp³-hybridized carbons (Fsp3) is 0.500. The molecule has 0 saturated carbocycles. The third kappa shape index (κ3) is 6.45. The molecule has 0 aromatic heterocycles. The van der Waals surface area contributed by atoms with E-state index < -0.39 is 0 Å². The highest BCUT2D eigenvalue weighted by molar-refractivity contribution is 5.94. The van der Waals surface area contributed by atoms with E-state index in [-0.39, 0.29) is 11.8 Å². The SMILES string of the molecule is CCCN(CC(=O)N1CCN(Cc2ccccc2)CC1)C1CCN(C(=O)c2ccccc2)CC1. The number of carbonyl (C=O) groups is 2. The van der Waals surface area contributed by atoms with Gasteiger partial charge in [0.05, 0.1) is 6.54 Å². The van der Waals surface area contributed by atoms with Crippen LogP contribution in [0.3, 0.4) is 0 Å². The van der Waals surface area contributed by atoms with E-state index in [4.69, 9.17) is 0 Å². The summed E-state index contributed by atoms with van der Waals surface area (Å²) in [6.45, 7) is 9.50. The van der Waals surface area contributed by atoms with Crippen molar-refractivity contribution in [1.29, 1.82) is 0 Å². The van der Waals surface area contributed by atoms with Crippen molar-refractivity contribution in [3.63, 3.8) is 0 Å². The third-order valence-corrected chi connectivity index (χ3v) is 7.11. The van der Waals surface area contributed by atoms with Crippen LogP contribution in [0.5, 0.6) is 0 Å². The fourth-order valence-electron chi connectivity index (χ4n) is 5.15. The second kappa shape index (κ2) is 12.1. The number of hydrogen-bond acceptors (Lipinski definition) is 4. The number of nitrogens with zero attached hydrogens (tertiary/aromatic N) is 4. The fourth-order valence-corrected chi connectivity index (χ4v) is 5.15. The van der Waals surface area contributed by atoms with Crippen molar-refractivity contribution < 1.29 is 9.59 Å². The van der Waals surface area contributed by atoms with Crippen molar-refractivity contribution in [1.82, 2.24) is 19.6 Å². The molecule has 2 aliphatic heterocycles. The van der Waals surface area contributed by atoms with Gasteiger partial charge in [0.2, 0.25) is 5.91 Å². The number of carbonyl (C=O) groups excluding carboxylic acids is 2. The van der Waals surface area contributed by atoms with E-state index in [0.717, 1.165) is 77.2 Å². The first-order valence-corrected chi connectivity index (χ1v) is 12.8. The Morgan fingerprint density at radius 1 is 0.824 bits per heavy atom. The molecule has 6 nitrogen and oxygen atoms in total. The van der Waals surface area contributed by atoms with Gasteiger partial charge in [-0.2, -0.15) is 0 Å². The van der Waals surface area contributed by atoms with Crippen molar-refractivity contribution in [3.8, 4) is 0 Å². The summed E-state index contributed by atoms with van der Waals surface area (Å²) in [5, 5.41) is 0. The van der Waals surface area contributed by atoms with Crippen LogP contribution < -0.4 is 0 Å². The lowest BCUT2D eigenvalue weighted by molar-refractivity contribution is -0.135. The molecule has 0 bridgehead atoms. The Bertz CT molecular complexity index is 905. The minimum atomic E-state index is 0.116. The number of benzene rings is 2. The summed E-state index contributed by atoms with van der Waals surface area (Å²) in [5.41, 5.74) is 2.08. The summed E-state index contributed by atoms with van der Waals surface area (Å²) >= 11 is 0. The number of hydrogen-bond donors (Lipinski definition) is 0. The van der Waals surface area contributed by atoms with Crippen LogP contribution in [-0.4, -0.2) is 89.8 Å². The van der Waals surface area contributed by atoms with Crippen LogP contribution in [0.1, 0.15) is 42.1 Å². The Balaban J connectivity index is 1.25. The molecule has 0 atom stereocenters. The predicted octanol–water partition coefficient (Wildman–Crippen LogP) is 3.35. The first-order valence-electron chi connectivity index (χ1n) is 12.8. The predicted molar refractivity (Wildman–Crippen MR) is 136 cm³/mol. The largest absolute Gasteiger partial charge is 0.339 e. The number of amides is 2. The summed E-state index contributed by atoms with van der Waals surface area (Å²) in [6.07, 6.45) is 2.88. The average Bonchev–Trinajstić information content (AvgIpc) is 2.89. The minimum absolute atomic E-state index is 0.116. The second-order valence-electron chi connectivity index (χ2n) is 9.50. The van der Waals surface area contributed by atoms with Crippen molar-refractivity contribution in [2.24, 2.45) is 0 Å². The summed E-state index contributed by atoms with van der Waals surface area (Å²) in [5.74, 6) is 0.362. The quantitative estimate of drug-likeness (QED) is 0.604. The van der Waals surface area contributed by atoms with Gasteiger partial charge < -0.3 is 9.80 Å². The Kier molecular flexibility index (Phi) is 8.72. The first kappa shape index (κ1) is 24.4. The van der Waals surface area contributed by atoms with Gasteiger partial charge in [-0.3, -0.25) is 19.4 Å². The van der Waals surface area contributed by atoms with Gasteiger partial charge in [-0.25, -0.2) is 0 Å². The molecule has 2 aliphatic rings. The average molecular weight is 463 g/mol. The molecule has 6 heteroatoms. The monoisotopic (exact) mass is 462 g/mol. The molecule has 4 rings (SSSR count). The molecule has 0 unspecified atom stereocenters. The molecule has 2 amide bonds. The molecule has 2 aromatic carbocycles. The van der Waals surface area contributed by atoms with Crippen LogP contribution in [0.15, 0.2) is 60.7 Å². The number of piperidine rings is 1. The molecule has 0 radical (unpaired) electrons. The first-order chi connectivity index (χ1) is 16.6. The number of rotatable bonds is 8. The van der Waals surface area contributed by atoms with Gasteiger partial charge in [0.25, 0.3) is 5.91 Å². The van der Waals surface area contributed by atoms with Crippen molar-refractivity contribution >= 4 is 11.8 Å². The van der Waals surface area contributed by atoms with Gasteiger partial charge in [0.1, 0.15) is 0 Å². The standard InChI is InChI=1S/C28H38N4O2/c1-2-15-32(26-13-16-31(17-14-26)28(34)25-11-7-4-8-12-25)23-27(33)30-20-18-29(19-21-30)22-24-9-5-3-6-10-24/h3-12,26H,2,13-23H2,1H3. The van der Waals surface area contributed by atoms with Crippen molar-refractivity contribution in [2.75, 3.05) is 52.4 Å². The topological polar surface area (TPSA) is 47.1 Å². The van der Waals surface area contributed by atoms with Gasteiger partial charge in [-0.05, 0) is 43.5 Å². The molecule has 0 N–H and O–H groups in total. The van der Waals surface area contributed by atoms with Gasteiger partial charge in [-0.15, -0.1) is 0 Å². The normalized spacial score (nSPS) is 17.8. The molecular weight excluding hydrogens is 424 g/mol. The maximum Gasteiger partial charge on any atom is 0.253 e. The lowest BCUT2D eigenvalue weighted by Gasteiger charge is -2.40. The lowest BCUT2D eigenvalue weighted by Crippen LogP contribution is -2.53. The molecule has 34 heavy (non-hydrogen) atoms. The zero-order valence-electron chi connectivity index (χ0n) is 20.4. The molecule has 2 heterocycles. The summed E-state index contributed by atoms with van der Waals surface area (Å²) < 4.78 is 0. The van der Waals surface area contributed by atoms with Crippen LogP contribution >= 0.6 is 0 Å². The highest BCUT2D eigenvalue weighted by atomic mass is 16.2. The van der Waals surface area contributed by atoms with Gasteiger partial charge in [-0.1, -0.05) is 55.5 Å². The Labute approximate surface area is 204 Å². The van der Waals surface area contributed by atoms with E-state index >= 15 is 0 Å². The summed E-state index contributed by atoms with van der Waals surface area (Å²) in [4.78, 5) is 34.7. The van der Waals surface area contributed by atoms with E-state index in [9.17, 15) is 9.59 Å². The van der Waals surface area contributed by atoms with Crippen LogP contribution in [0.4, 0.5) is 0 Å². The Morgan fingerprint density at radius 2 is 1.44 bits per heavy atom. The van der Waals surface area contributed by atoms with E-state index in [1.54, 1.807) is 0 Å². The van der Waals surface area contributed by atoms with Crippen LogP contribution in [-0.2, 0) is 11.3 Å². The van der Waals surface area contributed by atoms with E-state index in [2.05, 4.69) is 41.0 Å². The van der Waals surface area contributed by atoms with Gasteiger partial charge >= 0.3 is 0 Å². The maximum absolute atomic E-state index is 13.1. The van der Waals surface area contributed by atoms with Gasteiger partial charge in [0, 0.05) is 57.4 Å². The van der Waals surface area contributed by atoms with Crippen molar-refractivity contribution in [2.45, 2.75) is 38.8 Å². The number of piperazine rings is 1. The van der Waals surface area contributed by atoms with Crippen molar-refractivity contribution in [3.05, 3.63) is 71.8 Å². The van der Waals surface area contributed by atoms with Crippen LogP contribution in [0, 0.1) is 0 Å². The Hall–Kier alpha value is -2.70. The molecule has 0 spiro atoms. The summed E-state index contributed by atoms with van der Waals surface area (Å²) in [6, 6.07) is 20.4. The number of likely N-dealkylation sites (tertiary alicyclic amines) is 1.